The standard InChI is InChI=1S/C25H33Cl2N3O4S/c1-5-23(25(32)28-18(2)3)29(17-19-13-14-21(26)22(27)16-19)24(31)12-9-15-30(35(4,33)34)20-10-7-6-8-11-20/h6-8,10-11,13-14,16,18,23H,5,9,12,15,17H2,1-4H3,(H,28,32). The van der Waals surface area contributed by atoms with Crippen LogP contribution in [0.5, 0.6) is 0 Å². The summed E-state index contributed by atoms with van der Waals surface area (Å²) in [6.45, 7) is 5.89. The Kier molecular flexibility index (Phi) is 10.9. The van der Waals surface area contributed by atoms with E-state index in [4.69, 9.17) is 23.2 Å². The highest BCUT2D eigenvalue weighted by molar-refractivity contribution is 7.92. The van der Waals surface area contributed by atoms with Crippen LogP contribution < -0.4 is 9.62 Å². The van der Waals surface area contributed by atoms with Crippen molar-refractivity contribution in [3.8, 4) is 0 Å². The topological polar surface area (TPSA) is 86.8 Å². The van der Waals surface area contributed by atoms with E-state index in [-0.39, 0.29) is 37.4 Å². The monoisotopic (exact) mass is 541 g/mol. The van der Waals surface area contributed by atoms with E-state index in [1.165, 1.54) is 9.21 Å². The lowest BCUT2D eigenvalue weighted by Gasteiger charge is -2.31. The molecule has 2 aromatic rings. The number of nitrogens with one attached hydrogen (secondary N) is 1. The second-order valence-corrected chi connectivity index (χ2v) is 11.4. The molecule has 0 aliphatic heterocycles. The molecule has 0 saturated carbocycles. The van der Waals surface area contributed by atoms with Gasteiger partial charge >= 0.3 is 0 Å². The Hall–Kier alpha value is -2.29. The second-order valence-electron chi connectivity index (χ2n) is 8.63. The maximum Gasteiger partial charge on any atom is 0.243 e. The number of hydrogen-bond acceptors (Lipinski definition) is 4. The number of halogens is 2. The molecular formula is C25H33Cl2N3O4S. The summed E-state index contributed by atoms with van der Waals surface area (Å²) in [5, 5.41) is 3.65. The molecule has 2 aromatic carbocycles. The summed E-state index contributed by atoms with van der Waals surface area (Å²) in [4.78, 5) is 27.8. The predicted molar refractivity (Wildman–Crippen MR) is 142 cm³/mol. The summed E-state index contributed by atoms with van der Waals surface area (Å²) in [7, 11) is -3.52. The summed E-state index contributed by atoms with van der Waals surface area (Å²) in [5.74, 6) is -0.485. The number of rotatable bonds is 12. The molecule has 0 saturated heterocycles. The summed E-state index contributed by atoms with van der Waals surface area (Å²) >= 11 is 12.2. The van der Waals surface area contributed by atoms with Crippen molar-refractivity contribution < 1.29 is 18.0 Å². The SMILES string of the molecule is CCC(C(=O)NC(C)C)N(Cc1ccc(Cl)c(Cl)c1)C(=O)CCCN(c1ccccc1)S(C)(=O)=O. The van der Waals surface area contributed by atoms with Gasteiger partial charge in [-0.3, -0.25) is 13.9 Å². The normalized spacial score (nSPS) is 12.3. The molecule has 35 heavy (non-hydrogen) atoms. The van der Waals surface area contributed by atoms with Crippen LogP contribution in [-0.4, -0.2) is 50.0 Å². The van der Waals surface area contributed by atoms with Crippen molar-refractivity contribution >= 4 is 50.7 Å². The zero-order chi connectivity index (χ0) is 26.2. The number of para-hydroxylation sites is 1. The van der Waals surface area contributed by atoms with Gasteiger partial charge in [-0.2, -0.15) is 0 Å². The Morgan fingerprint density at radius 3 is 2.23 bits per heavy atom. The minimum absolute atomic E-state index is 0.0750. The number of anilines is 1. The van der Waals surface area contributed by atoms with Crippen LogP contribution in [0.1, 0.15) is 45.6 Å². The first-order chi connectivity index (χ1) is 16.4. The molecule has 0 aliphatic carbocycles. The fourth-order valence-corrected chi connectivity index (χ4v) is 5.02. The van der Waals surface area contributed by atoms with Crippen molar-refractivity contribution in [2.24, 2.45) is 0 Å². The zero-order valence-electron chi connectivity index (χ0n) is 20.5. The minimum Gasteiger partial charge on any atom is -0.352 e. The van der Waals surface area contributed by atoms with Crippen molar-refractivity contribution in [3.63, 3.8) is 0 Å². The molecule has 0 spiro atoms. The highest BCUT2D eigenvalue weighted by atomic mass is 35.5. The number of hydrogen-bond donors (Lipinski definition) is 1. The van der Waals surface area contributed by atoms with Gasteiger partial charge in [0, 0.05) is 25.6 Å². The number of sulfonamides is 1. The Balaban J connectivity index is 2.23. The molecule has 1 unspecified atom stereocenters. The van der Waals surface area contributed by atoms with Crippen molar-refractivity contribution in [1.82, 2.24) is 10.2 Å². The number of amides is 2. The Labute approximate surface area is 218 Å². The summed E-state index contributed by atoms with van der Waals surface area (Å²) < 4.78 is 26.0. The molecular weight excluding hydrogens is 509 g/mol. The van der Waals surface area contributed by atoms with Gasteiger partial charge in [0.1, 0.15) is 6.04 Å². The van der Waals surface area contributed by atoms with Gasteiger partial charge in [0.15, 0.2) is 0 Å². The fraction of sp³-hybridized carbons (Fsp3) is 0.440. The van der Waals surface area contributed by atoms with Gasteiger partial charge in [-0.1, -0.05) is 54.4 Å². The first-order valence-corrected chi connectivity index (χ1v) is 14.1. The van der Waals surface area contributed by atoms with Crippen LogP contribution in [-0.2, 0) is 26.2 Å². The van der Waals surface area contributed by atoms with Crippen LogP contribution in [0.3, 0.4) is 0 Å². The number of nitrogens with zero attached hydrogens (tertiary/aromatic N) is 2. The highest BCUT2D eigenvalue weighted by Crippen LogP contribution is 2.25. The van der Waals surface area contributed by atoms with E-state index in [9.17, 15) is 18.0 Å². The van der Waals surface area contributed by atoms with E-state index in [0.29, 0.717) is 28.6 Å². The zero-order valence-corrected chi connectivity index (χ0v) is 22.8. The Morgan fingerprint density at radius 1 is 1.03 bits per heavy atom. The van der Waals surface area contributed by atoms with Crippen LogP contribution in [0.4, 0.5) is 5.69 Å². The smallest absolute Gasteiger partial charge is 0.243 e. The maximum atomic E-state index is 13.4. The first kappa shape index (κ1) is 28.9. The molecule has 0 aromatic heterocycles. The van der Waals surface area contributed by atoms with Crippen LogP contribution in [0.2, 0.25) is 10.0 Å². The van der Waals surface area contributed by atoms with Gasteiger partial charge in [-0.25, -0.2) is 8.42 Å². The second kappa shape index (κ2) is 13.1. The summed E-state index contributed by atoms with van der Waals surface area (Å²) in [6, 6.07) is 13.1. The summed E-state index contributed by atoms with van der Waals surface area (Å²) in [6.07, 6.45) is 1.93. The van der Waals surface area contributed by atoms with Crippen LogP contribution in [0, 0.1) is 0 Å². The van der Waals surface area contributed by atoms with E-state index < -0.39 is 16.1 Å². The lowest BCUT2D eigenvalue weighted by molar-refractivity contribution is -0.141. The van der Waals surface area contributed by atoms with E-state index >= 15 is 0 Å². The molecule has 2 amide bonds. The van der Waals surface area contributed by atoms with Crippen molar-refractivity contribution in [1.29, 1.82) is 0 Å². The molecule has 0 radical (unpaired) electrons. The van der Waals surface area contributed by atoms with Gasteiger partial charge in [-0.15, -0.1) is 0 Å². The van der Waals surface area contributed by atoms with Gasteiger partial charge < -0.3 is 10.2 Å². The lowest BCUT2D eigenvalue weighted by Crippen LogP contribution is -2.50. The molecule has 0 bridgehead atoms. The molecule has 1 atom stereocenters. The van der Waals surface area contributed by atoms with Crippen LogP contribution in [0.15, 0.2) is 48.5 Å². The van der Waals surface area contributed by atoms with Gasteiger partial charge in [0.25, 0.3) is 0 Å². The van der Waals surface area contributed by atoms with Crippen LogP contribution in [0.25, 0.3) is 0 Å². The third-order valence-corrected chi connectivity index (χ3v) is 7.28. The molecule has 0 heterocycles. The van der Waals surface area contributed by atoms with E-state index in [1.807, 2.05) is 26.8 Å². The highest BCUT2D eigenvalue weighted by Gasteiger charge is 2.29. The molecule has 0 fully saturated rings. The van der Waals surface area contributed by atoms with Crippen LogP contribution >= 0.6 is 23.2 Å². The van der Waals surface area contributed by atoms with Gasteiger partial charge in [-0.05, 0) is 56.5 Å². The van der Waals surface area contributed by atoms with Crippen molar-refractivity contribution in [2.45, 2.75) is 58.7 Å². The number of carbonyl (C=O) groups is 2. The average molecular weight is 543 g/mol. The minimum atomic E-state index is -3.52. The van der Waals surface area contributed by atoms with Gasteiger partial charge in [0.05, 0.1) is 22.0 Å². The average Bonchev–Trinajstić information content (AvgIpc) is 2.78. The number of benzene rings is 2. The summed E-state index contributed by atoms with van der Waals surface area (Å²) in [5.41, 5.74) is 1.28. The van der Waals surface area contributed by atoms with Crippen molar-refractivity contribution in [2.75, 3.05) is 17.1 Å². The van der Waals surface area contributed by atoms with Crippen molar-refractivity contribution in [3.05, 3.63) is 64.1 Å². The fourth-order valence-electron chi connectivity index (χ4n) is 3.73. The first-order valence-electron chi connectivity index (χ1n) is 11.5. The lowest BCUT2D eigenvalue weighted by atomic mass is 10.1. The molecule has 0 aliphatic rings. The predicted octanol–water partition coefficient (Wildman–Crippen LogP) is 4.87. The number of carbonyl (C=O) groups excluding carboxylic acids is 2. The third kappa shape index (κ3) is 8.70. The third-order valence-electron chi connectivity index (χ3n) is 5.35. The molecule has 7 nitrogen and oxygen atoms in total. The van der Waals surface area contributed by atoms with E-state index in [2.05, 4.69) is 5.32 Å². The molecule has 2 rings (SSSR count). The quantitative estimate of drug-likeness (QED) is 0.415. The largest absolute Gasteiger partial charge is 0.352 e. The van der Waals surface area contributed by atoms with E-state index in [1.54, 1.807) is 42.5 Å². The Bertz CT molecular complexity index is 1110. The Morgan fingerprint density at radius 2 is 1.69 bits per heavy atom. The van der Waals surface area contributed by atoms with Gasteiger partial charge in [0.2, 0.25) is 21.8 Å². The molecule has 192 valence electrons. The van der Waals surface area contributed by atoms with E-state index in [0.717, 1.165) is 11.8 Å². The maximum absolute atomic E-state index is 13.4. The molecule has 10 heteroatoms. The molecule has 1 N–H and O–H groups in total.